The van der Waals surface area contributed by atoms with E-state index in [4.69, 9.17) is 0 Å². The van der Waals surface area contributed by atoms with E-state index in [1.165, 1.54) is 16.7 Å². The van der Waals surface area contributed by atoms with Crippen molar-refractivity contribution in [3.05, 3.63) is 90.6 Å². The minimum absolute atomic E-state index is 0.0547. The third-order valence-electron chi connectivity index (χ3n) is 4.70. The molecule has 0 radical (unpaired) electrons. The number of nitrogens with zero attached hydrogens (tertiary/aromatic N) is 2. The quantitative estimate of drug-likeness (QED) is 0.574. The normalized spacial score (nSPS) is 12.5. The number of Topliss-reactive ketones (excluding diaryl/α,β-unsaturated/α-hetero) is 1. The van der Waals surface area contributed by atoms with E-state index in [-0.39, 0.29) is 16.9 Å². The van der Waals surface area contributed by atoms with Crippen LogP contribution in [0.3, 0.4) is 0 Å². The molecule has 6 heteroatoms. The Balaban J connectivity index is 2.15. The van der Waals surface area contributed by atoms with Crippen LogP contribution in [-0.4, -0.2) is 10.4 Å². The largest absolute Gasteiger partial charge is 0.298 e. The second-order valence-corrected chi connectivity index (χ2v) is 7.81. The van der Waals surface area contributed by atoms with Gasteiger partial charge in [0.2, 0.25) is 5.78 Å². The molecule has 0 N–H and O–H groups in total. The zero-order chi connectivity index (χ0) is 21.7. The van der Waals surface area contributed by atoms with Crippen molar-refractivity contribution in [3.63, 3.8) is 0 Å². The Labute approximate surface area is 177 Å². The van der Waals surface area contributed by atoms with Gasteiger partial charge in [-0.25, -0.2) is 4.39 Å². The SMILES string of the molecule is CCCc1ccc(C(=O)/C(C#N)=c2\s/c(=C\c3ccc(F)cc3)c(=O)n2CC)cc1. The maximum Gasteiger partial charge on any atom is 0.269 e. The van der Waals surface area contributed by atoms with Crippen LogP contribution in [0.2, 0.25) is 0 Å². The van der Waals surface area contributed by atoms with E-state index in [1.54, 1.807) is 37.3 Å². The predicted molar refractivity (Wildman–Crippen MR) is 117 cm³/mol. The Bertz CT molecular complexity index is 1280. The maximum absolute atomic E-state index is 13.1. The first-order chi connectivity index (χ1) is 14.5. The molecule has 2 aromatic carbocycles. The smallest absolute Gasteiger partial charge is 0.269 e. The van der Waals surface area contributed by atoms with Gasteiger partial charge in [-0.3, -0.25) is 14.2 Å². The van der Waals surface area contributed by atoms with Gasteiger partial charge in [-0.05, 0) is 42.7 Å². The van der Waals surface area contributed by atoms with Crippen molar-refractivity contribution in [2.45, 2.75) is 33.2 Å². The van der Waals surface area contributed by atoms with Crippen LogP contribution in [0.1, 0.15) is 41.8 Å². The van der Waals surface area contributed by atoms with Crippen LogP contribution in [0.4, 0.5) is 4.39 Å². The molecule has 3 rings (SSSR count). The number of ketones is 1. The van der Waals surface area contributed by atoms with Crippen LogP contribution >= 0.6 is 11.3 Å². The number of hydrogen-bond donors (Lipinski definition) is 0. The fourth-order valence-electron chi connectivity index (χ4n) is 3.15. The molecule has 152 valence electrons. The third kappa shape index (κ3) is 4.47. The summed E-state index contributed by atoms with van der Waals surface area (Å²) in [4.78, 5) is 25.8. The second-order valence-electron chi connectivity index (χ2n) is 6.78. The van der Waals surface area contributed by atoms with Gasteiger partial charge in [0.25, 0.3) is 5.56 Å². The molecule has 0 saturated carbocycles. The van der Waals surface area contributed by atoms with Crippen molar-refractivity contribution in [1.82, 2.24) is 4.57 Å². The highest BCUT2D eigenvalue weighted by Crippen LogP contribution is 2.11. The predicted octanol–water partition coefficient (Wildman–Crippen LogP) is 3.41. The van der Waals surface area contributed by atoms with Crippen LogP contribution in [0.15, 0.2) is 53.3 Å². The minimum atomic E-state index is -0.405. The molecular formula is C24H21FN2O2S. The molecule has 0 unspecified atom stereocenters. The molecule has 0 atom stereocenters. The molecule has 30 heavy (non-hydrogen) atoms. The summed E-state index contributed by atoms with van der Waals surface area (Å²) in [7, 11) is 0. The van der Waals surface area contributed by atoms with Gasteiger partial charge in [0, 0.05) is 12.1 Å². The highest BCUT2D eigenvalue weighted by Gasteiger charge is 2.17. The molecule has 3 aromatic rings. The first kappa shape index (κ1) is 21.4. The molecule has 0 fully saturated rings. The van der Waals surface area contributed by atoms with Gasteiger partial charge < -0.3 is 0 Å². The monoisotopic (exact) mass is 420 g/mol. The summed E-state index contributed by atoms with van der Waals surface area (Å²) < 4.78 is 15.3. The lowest BCUT2D eigenvalue weighted by Crippen LogP contribution is -2.32. The van der Waals surface area contributed by atoms with Gasteiger partial charge in [0.15, 0.2) is 0 Å². The Morgan fingerprint density at radius 1 is 1.13 bits per heavy atom. The molecule has 0 spiro atoms. The summed E-state index contributed by atoms with van der Waals surface area (Å²) in [6.07, 6.45) is 3.57. The molecule has 1 aromatic heterocycles. The number of halogens is 1. The molecule has 0 aliphatic heterocycles. The lowest BCUT2D eigenvalue weighted by Gasteiger charge is -2.03. The van der Waals surface area contributed by atoms with Gasteiger partial charge in [-0.15, -0.1) is 11.3 Å². The molecular weight excluding hydrogens is 399 g/mol. The van der Waals surface area contributed by atoms with E-state index < -0.39 is 5.78 Å². The zero-order valence-electron chi connectivity index (χ0n) is 16.8. The van der Waals surface area contributed by atoms with Crippen molar-refractivity contribution in [3.8, 4) is 6.07 Å². The van der Waals surface area contributed by atoms with Crippen LogP contribution in [0.25, 0.3) is 11.6 Å². The van der Waals surface area contributed by atoms with Gasteiger partial charge in [-0.2, -0.15) is 5.26 Å². The minimum Gasteiger partial charge on any atom is -0.298 e. The zero-order valence-corrected chi connectivity index (χ0v) is 17.6. The Hall–Kier alpha value is -3.30. The Morgan fingerprint density at radius 2 is 1.80 bits per heavy atom. The fraction of sp³-hybridized carbons (Fsp3) is 0.208. The van der Waals surface area contributed by atoms with Gasteiger partial charge >= 0.3 is 0 Å². The first-order valence-corrected chi connectivity index (χ1v) is 10.5. The molecule has 0 saturated heterocycles. The van der Waals surface area contributed by atoms with E-state index in [0.717, 1.165) is 29.7 Å². The standard InChI is InChI=1S/C24H21FN2O2S/c1-3-5-16-6-10-18(11-7-16)22(28)20(15-26)24-27(4-2)23(29)21(30-24)14-17-8-12-19(25)13-9-17/h6-14H,3-5H2,1-2H3/b21-14-,24-20-. The second kappa shape index (κ2) is 9.47. The average molecular weight is 421 g/mol. The highest BCUT2D eigenvalue weighted by atomic mass is 32.1. The van der Waals surface area contributed by atoms with Crippen LogP contribution in [-0.2, 0) is 13.0 Å². The Kier molecular flexibility index (Phi) is 6.76. The van der Waals surface area contributed by atoms with E-state index in [1.807, 2.05) is 18.2 Å². The number of nitriles is 1. The number of aryl methyl sites for hydroxylation is 1. The van der Waals surface area contributed by atoms with Gasteiger partial charge in [0.05, 0.1) is 4.53 Å². The van der Waals surface area contributed by atoms with Crippen LogP contribution in [0, 0.1) is 17.1 Å². The summed E-state index contributed by atoms with van der Waals surface area (Å²) in [5.41, 5.74) is 1.88. The average Bonchev–Trinajstić information content (AvgIpc) is 3.06. The fourth-order valence-corrected chi connectivity index (χ4v) is 4.32. The number of hydrogen-bond acceptors (Lipinski definition) is 4. The van der Waals surface area contributed by atoms with Crippen molar-refractivity contribution >= 4 is 28.8 Å². The highest BCUT2D eigenvalue weighted by molar-refractivity contribution is 7.07. The van der Waals surface area contributed by atoms with Crippen molar-refractivity contribution in [2.24, 2.45) is 0 Å². The summed E-state index contributed by atoms with van der Waals surface area (Å²) in [6, 6.07) is 15.0. The maximum atomic E-state index is 13.1. The lowest BCUT2D eigenvalue weighted by atomic mass is 10.0. The van der Waals surface area contributed by atoms with Crippen molar-refractivity contribution < 1.29 is 9.18 Å². The summed E-state index contributed by atoms with van der Waals surface area (Å²) in [5, 5.41) is 9.72. The van der Waals surface area contributed by atoms with Crippen LogP contribution in [0.5, 0.6) is 0 Å². The molecule has 0 aliphatic carbocycles. The van der Waals surface area contributed by atoms with E-state index >= 15 is 0 Å². The van der Waals surface area contributed by atoms with Gasteiger partial charge in [-0.1, -0.05) is 49.7 Å². The van der Waals surface area contributed by atoms with E-state index in [2.05, 4.69) is 6.92 Å². The molecule has 4 nitrogen and oxygen atoms in total. The lowest BCUT2D eigenvalue weighted by molar-refractivity contribution is 0.105. The van der Waals surface area contributed by atoms with E-state index in [0.29, 0.717) is 26.9 Å². The number of rotatable bonds is 6. The summed E-state index contributed by atoms with van der Waals surface area (Å²) in [5.74, 6) is -0.766. The molecule has 0 aliphatic rings. The van der Waals surface area contributed by atoms with Crippen LogP contribution < -0.4 is 14.8 Å². The molecule has 0 amide bonds. The van der Waals surface area contributed by atoms with Gasteiger partial charge in [0.1, 0.15) is 22.1 Å². The number of aromatic nitrogens is 1. The molecule has 0 bridgehead atoms. The number of carbonyl (C=O) groups excluding carboxylic acids is 1. The van der Waals surface area contributed by atoms with Crippen molar-refractivity contribution in [2.75, 3.05) is 0 Å². The third-order valence-corrected chi connectivity index (χ3v) is 5.83. The first-order valence-electron chi connectivity index (χ1n) is 9.73. The van der Waals surface area contributed by atoms with Crippen molar-refractivity contribution in [1.29, 1.82) is 5.26 Å². The van der Waals surface area contributed by atoms with E-state index in [9.17, 15) is 19.2 Å². The molecule has 1 heterocycles. The number of thiazole rings is 1. The topological polar surface area (TPSA) is 62.9 Å². The Morgan fingerprint density at radius 3 is 2.37 bits per heavy atom. The number of carbonyl (C=O) groups is 1. The number of benzene rings is 2. The summed E-state index contributed by atoms with van der Waals surface area (Å²) >= 11 is 1.10. The summed E-state index contributed by atoms with van der Waals surface area (Å²) in [6.45, 7) is 4.20.